The first-order valence-corrected chi connectivity index (χ1v) is 8.36. The van der Waals surface area contributed by atoms with Crippen molar-refractivity contribution in [1.82, 2.24) is 20.4 Å². The molecule has 1 aliphatic carbocycles. The van der Waals surface area contributed by atoms with Crippen molar-refractivity contribution in [2.45, 2.75) is 32.2 Å². The smallest absolute Gasteiger partial charge is 0.273 e. The molecular weight excluding hydrogens is 316 g/mol. The van der Waals surface area contributed by atoms with Gasteiger partial charge in [-0.1, -0.05) is 35.5 Å². The van der Waals surface area contributed by atoms with Gasteiger partial charge in [0.05, 0.1) is 6.04 Å². The van der Waals surface area contributed by atoms with E-state index in [1.165, 1.54) is 0 Å². The Morgan fingerprint density at radius 3 is 2.96 bits per heavy atom. The van der Waals surface area contributed by atoms with E-state index in [1.54, 1.807) is 6.07 Å². The number of carbonyl (C=O) groups excluding carboxylic acids is 1. The SMILES string of the molecule is Cc1ncc2c(n1)CCC[C@H]2NC(=O)c1cc(-c2ccccc2)on1. The van der Waals surface area contributed by atoms with Gasteiger partial charge in [0.1, 0.15) is 5.82 Å². The molecule has 1 amide bonds. The van der Waals surface area contributed by atoms with E-state index in [9.17, 15) is 4.79 Å². The molecule has 1 aromatic carbocycles. The van der Waals surface area contributed by atoms with E-state index in [4.69, 9.17) is 4.52 Å². The molecule has 2 heterocycles. The Bertz CT molecular complexity index is 905. The number of carbonyl (C=O) groups is 1. The van der Waals surface area contributed by atoms with Crippen LogP contribution in [0.1, 0.15) is 46.5 Å². The summed E-state index contributed by atoms with van der Waals surface area (Å²) >= 11 is 0. The highest BCUT2D eigenvalue weighted by Crippen LogP contribution is 2.28. The fraction of sp³-hybridized carbons (Fsp3) is 0.263. The zero-order chi connectivity index (χ0) is 17.2. The first kappa shape index (κ1) is 15.5. The summed E-state index contributed by atoms with van der Waals surface area (Å²) in [6.07, 6.45) is 4.60. The second-order valence-electron chi connectivity index (χ2n) is 6.18. The molecule has 1 atom stereocenters. The van der Waals surface area contributed by atoms with Gasteiger partial charge in [-0.3, -0.25) is 4.79 Å². The van der Waals surface area contributed by atoms with E-state index in [2.05, 4.69) is 20.4 Å². The summed E-state index contributed by atoms with van der Waals surface area (Å²) in [5.41, 5.74) is 3.19. The normalized spacial score (nSPS) is 16.3. The third-order valence-corrected chi connectivity index (χ3v) is 4.41. The molecule has 0 unspecified atom stereocenters. The van der Waals surface area contributed by atoms with Crippen LogP contribution in [0, 0.1) is 6.92 Å². The number of amides is 1. The van der Waals surface area contributed by atoms with Crippen LogP contribution in [0.15, 0.2) is 47.1 Å². The highest BCUT2D eigenvalue weighted by atomic mass is 16.5. The molecule has 1 N–H and O–H groups in total. The Balaban J connectivity index is 1.53. The fourth-order valence-electron chi connectivity index (χ4n) is 3.15. The number of aryl methyl sites for hydroxylation is 2. The maximum Gasteiger partial charge on any atom is 0.273 e. The van der Waals surface area contributed by atoms with Crippen LogP contribution in [0.25, 0.3) is 11.3 Å². The lowest BCUT2D eigenvalue weighted by atomic mass is 9.92. The van der Waals surface area contributed by atoms with Gasteiger partial charge in [-0.25, -0.2) is 9.97 Å². The van der Waals surface area contributed by atoms with Gasteiger partial charge in [-0.05, 0) is 26.2 Å². The lowest BCUT2D eigenvalue weighted by Gasteiger charge is -2.25. The van der Waals surface area contributed by atoms with Crippen LogP contribution < -0.4 is 5.32 Å². The molecule has 0 saturated carbocycles. The van der Waals surface area contributed by atoms with Gasteiger partial charge >= 0.3 is 0 Å². The summed E-state index contributed by atoms with van der Waals surface area (Å²) in [7, 11) is 0. The Kier molecular flexibility index (Phi) is 4.01. The average molecular weight is 334 g/mol. The van der Waals surface area contributed by atoms with Crippen molar-refractivity contribution in [1.29, 1.82) is 0 Å². The second-order valence-corrected chi connectivity index (χ2v) is 6.18. The Hall–Kier alpha value is -3.02. The molecule has 0 saturated heterocycles. The van der Waals surface area contributed by atoms with Crippen molar-refractivity contribution in [2.24, 2.45) is 0 Å². The average Bonchev–Trinajstić information content (AvgIpc) is 3.13. The van der Waals surface area contributed by atoms with E-state index >= 15 is 0 Å². The van der Waals surface area contributed by atoms with Gasteiger partial charge in [-0.2, -0.15) is 0 Å². The number of rotatable bonds is 3. The van der Waals surface area contributed by atoms with Crippen molar-refractivity contribution in [2.75, 3.05) is 0 Å². The minimum atomic E-state index is -0.246. The van der Waals surface area contributed by atoms with Crippen molar-refractivity contribution >= 4 is 5.91 Å². The van der Waals surface area contributed by atoms with Gasteiger partial charge in [0, 0.05) is 29.1 Å². The lowest BCUT2D eigenvalue weighted by molar-refractivity contribution is 0.0923. The summed E-state index contributed by atoms with van der Waals surface area (Å²) in [5, 5.41) is 6.94. The summed E-state index contributed by atoms with van der Waals surface area (Å²) in [5.74, 6) is 1.09. The molecule has 25 heavy (non-hydrogen) atoms. The molecule has 0 aliphatic heterocycles. The van der Waals surface area contributed by atoms with Crippen LogP contribution >= 0.6 is 0 Å². The maximum absolute atomic E-state index is 12.6. The third kappa shape index (κ3) is 3.15. The molecule has 1 aliphatic rings. The molecule has 6 heteroatoms. The summed E-state index contributed by atoms with van der Waals surface area (Å²) in [4.78, 5) is 21.3. The lowest BCUT2D eigenvalue weighted by Crippen LogP contribution is -2.31. The maximum atomic E-state index is 12.6. The first-order valence-electron chi connectivity index (χ1n) is 8.36. The van der Waals surface area contributed by atoms with Gasteiger partial charge < -0.3 is 9.84 Å². The standard InChI is InChI=1S/C19H18N4O2/c1-12-20-11-14-15(21-12)8-5-9-16(14)22-19(24)17-10-18(25-23-17)13-6-3-2-4-7-13/h2-4,6-7,10-11,16H,5,8-9H2,1H3,(H,22,24)/t16-/m1/s1. The van der Waals surface area contributed by atoms with Crippen molar-refractivity contribution in [3.8, 4) is 11.3 Å². The number of nitrogens with one attached hydrogen (secondary N) is 1. The quantitative estimate of drug-likeness (QED) is 0.795. The molecule has 2 aromatic heterocycles. The van der Waals surface area contributed by atoms with E-state index in [-0.39, 0.29) is 17.6 Å². The van der Waals surface area contributed by atoms with Crippen LogP contribution in [0.4, 0.5) is 0 Å². The molecule has 0 fully saturated rings. The zero-order valence-corrected chi connectivity index (χ0v) is 13.9. The molecule has 0 spiro atoms. The van der Waals surface area contributed by atoms with E-state index < -0.39 is 0 Å². The van der Waals surface area contributed by atoms with Crippen LogP contribution in [0.2, 0.25) is 0 Å². The number of hydrogen-bond acceptors (Lipinski definition) is 5. The zero-order valence-electron chi connectivity index (χ0n) is 13.9. The largest absolute Gasteiger partial charge is 0.355 e. The highest BCUT2D eigenvalue weighted by molar-refractivity contribution is 5.93. The van der Waals surface area contributed by atoms with Gasteiger partial charge in [0.25, 0.3) is 5.91 Å². The molecule has 0 bridgehead atoms. The Morgan fingerprint density at radius 1 is 1.28 bits per heavy atom. The Labute approximate surface area is 145 Å². The first-order chi connectivity index (χ1) is 12.2. The molecule has 4 rings (SSSR count). The summed E-state index contributed by atoms with van der Waals surface area (Å²) in [6.45, 7) is 1.88. The van der Waals surface area contributed by atoms with Crippen molar-refractivity contribution < 1.29 is 9.32 Å². The predicted molar refractivity (Wildman–Crippen MR) is 91.9 cm³/mol. The van der Waals surface area contributed by atoms with Crippen LogP contribution in [0.3, 0.4) is 0 Å². The summed E-state index contributed by atoms with van der Waals surface area (Å²) in [6, 6.07) is 11.2. The van der Waals surface area contributed by atoms with Crippen molar-refractivity contribution in [3.63, 3.8) is 0 Å². The predicted octanol–water partition coefficient (Wildman–Crippen LogP) is 3.25. The van der Waals surface area contributed by atoms with Crippen LogP contribution in [-0.4, -0.2) is 21.0 Å². The number of nitrogens with zero attached hydrogens (tertiary/aromatic N) is 3. The number of benzene rings is 1. The second kappa shape index (κ2) is 6.47. The minimum absolute atomic E-state index is 0.0891. The highest BCUT2D eigenvalue weighted by Gasteiger charge is 2.25. The fourth-order valence-corrected chi connectivity index (χ4v) is 3.15. The van der Waals surface area contributed by atoms with E-state index in [0.717, 1.165) is 41.9 Å². The van der Waals surface area contributed by atoms with Crippen molar-refractivity contribution in [3.05, 3.63) is 65.4 Å². The van der Waals surface area contributed by atoms with Gasteiger partial charge in [0.2, 0.25) is 0 Å². The minimum Gasteiger partial charge on any atom is -0.355 e. The molecule has 126 valence electrons. The van der Waals surface area contributed by atoms with Gasteiger partial charge in [-0.15, -0.1) is 0 Å². The molecule has 0 radical (unpaired) electrons. The Morgan fingerprint density at radius 2 is 2.12 bits per heavy atom. The van der Waals surface area contributed by atoms with E-state index in [0.29, 0.717) is 5.76 Å². The monoisotopic (exact) mass is 334 g/mol. The third-order valence-electron chi connectivity index (χ3n) is 4.41. The van der Waals surface area contributed by atoms with Crippen LogP contribution in [0.5, 0.6) is 0 Å². The van der Waals surface area contributed by atoms with Gasteiger partial charge in [0.15, 0.2) is 11.5 Å². The molecule has 3 aromatic rings. The number of aromatic nitrogens is 3. The number of hydrogen-bond donors (Lipinski definition) is 1. The molecule has 6 nitrogen and oxygen atoms in total. The van der Waals surface area contributed by atoms with E-state index in [1.807, 2.05) is 43.5 Å². The topological polar surface area (TPSA) is 80.9 Å². The number of fused-ring (bicyclic) bond motifs is 1. The molecular formula is C19H18N4O2. The van der Waals surface area contributed by atoms with Crippen LogP contribution in [-0.2, 0) is 6.42 Å². The summed E-state index contributed by atoms with van der Waals surface area (Å²) < 4.78 is 5.31.